The van der Waals surface area contributed by atoms with Gasteiger partial charge in [0.2, 0.25) is 5.91 Å². The maximum atomic E-state index is 12.5. The molecule has 0 aliphatic rings. The van der Waals surface area contributed by atoms with Crippen LogP contribution in [0.25, 0.3) is 0 Å². The quantitative estimate of drug-likeness (QED) is 0.0420. The molecule has 0 saturated carbocycles. The first kappa shape index (κ1) is 75.5. The van der Waals surface area contributed by atoms with Gasteiger partial charge in [-0.25, -0.2) is 0 Å². The summed E-state index contributed by atoms with van der Waals surface area (Å²) in [6.45, 7) is 4.20. The molecule has 0 rings (SSSR count). The Labute approximate surface area is 491 Å². The summed E-state index contributed by atoms with van der Waals surface area (Å²) in [5.41, 5.74) is 0. The monoisotopic (exact) mass is 1090 g/mol. The predicted octanol–water partition coefficient (Wildman–Crippen LogP) is 23.3. The van der Waals surface area contributed by atoms with Gasteiger partial charge in [0, 0.05) is 6.42 Å². The number of rotatable bonds is 61. The molecule has 0 heterocycles. The molecule has 0 saturated heterocycles. The van der Waals surface area contributed by atoms with E-state index in [2.05, 4.69) is 141 Å². The van der Waals surface area contributed by atoms with Gasteiger partial charge in [-0.2, -0.15) is 0 Å². The molecule has 0 bridgehead atoms. The van der Waals surface area contributed by atoms with Crippen molar-refractivity contribution in [2.45, 2.75) is 328 Å². The number of hydrogen-bond donors (Lipinski definition) is 3. The first-order valence-electron chi connectivity index (χ1n) is 33.9. The number of carbonyl (C=O) groups excluding carboxylic acids is 1. The van der Waals surface area contributed by atoms with E-state index in [0.29, 0.717) is 6.42 Å². The van der Waals surface area contributed by atoms with Gasteiger partial charge in [-0.1, -0.05) is 340 Å². The van der Waals surface area contributed by atoms with E-state index in [1.54, 1.807) is 6.08 Å². The summed E-state index contributed by atoms with van der Waals surface area (Å²) in [7, 11) is 0. The number of aliphatic hydroxyl groups excluding tert-OH is 2. The third-order valence-electron chi connectivity index (χ3n) is 14.9. The second-order valence-corrected chi connectivity index (χ2v) is 22.5. The van der Waals surface area contributed by atoms with Crippen LogP contribution >= 0.6 is 0 Å². The second-order valence-electron chi connectivity index (χ2n) is 22.5. The van der Waals surface area contributed by atoms with Crippen LogP contribution in [-0.2, 0) is 4.79 Å². The van der Waals surface area contributed by atoms with Crippen LogP contribution in [0, 0.1) is 0 Å². The minimum atomic E-state index is -0.872. The average Bonchev–Trinajstić information content (AvgIpc) is 3.45. The van der Waals surface area contributed by atoms with Crippen LogP contribution in [0.15, 0.2) is 134 Å². The molecule has 0 aromatic heterocycles. The molecule has 0 radical (unpaired) electrons. The zero-order valence-corrected chi connectivity index (χ0v) is 52.1. The predicted molar refractivity (Wildman–Crippen MR) is 354 cm³/mol. The maximum absolute atomic E-state index is 12.5. The molecule has 452 valence electrons. The van der Waals surface area contributed by atoms with E-state index in [4.69, 9.17) is 0 Å². The first-order valence-corrected chi connectivity index (χ1v) is 33.9. The lowest BCUT2D eigenvalue weighted by molar-refractivity contribution is -0.123. The zero-order valence-electron chi connectivity index (χ0n) is 52.1. The van der Waals surface area contributed by atoms with Crippen LogP contribution in [0.2, 0.25) is 0 Å². The number of aliphatic hydroxyl groups is 2. The lowest BCUT2D eigenvalue weighted by Gasteiger charge is -2.19. The molecule has 4 heteroatoms. The highest BCUT2D eigenvalue weighted by Gasteiger charge is 2.18. The summed E-state index contributed by atoms with van der Waals surface area (Å²) in [4.78, 5) is 12.5. The van der Waals surface area contributed by atoms with Crippen LogP contribution in [0.3, 0.4) is 0 Å². The van der Waals surface area contributed by atoms with Crippen molar-refractivity contribution in [1.29, 1.82) is 0 Å². The summed E-state index contributed by atoms with van der Waals surface area (Å²) in [6.07, 6.45) is 107. The molecule has 0 fully saturated rings. The minimum Gasteiger partial charge on any atom is -0.394 e. The number of nitrogens with one attached hydrogen (secondary N) is 1. The Morgan fingerprint density at radius 1 is 0.316 bits per heavy atom. The fourth-order valence-electron chi connectivity index (χ4n) is 9.78. The molecule has 3 N–H and O–H groups in total. The fraction of sp³-hybridized carbons (Fsp3) is 0.693. The highest BCUT2D eigenvalue weighted by molar-refractivity contribution is 5.76. The molecular formula is C75H129NO3. The van der Waals surface area contributed by atoms with Crippen molar-refractivity contribution in [3.05, 3.63) is 134 Å². The van der Waals surface area contributed by atoms with Crippen molar-refractivity contribution in [3.63, 3.8) is 0 Å². The van der Waals surface area contributed by atoms with Gasteiger partial charge in [-0.15, -0.1) is 0 Å². The van der Waals surface area contributed by atoms with E-state index < -0.39 is 12.1 Å². The summed E-state index contributed by atoms with van der Waals surface area (Å²) in [5.74, 6) is -0.0767. The average molecular weight is 1090 g/mol. The van der Waals surface area contributed by atoms with Crippen LogP contribution < -0.4 is 5.32 Å². The lowest BCUT2D eigenvalue weighted by atomic mass is 10.0. The highest BCUT2D eigenvalue weighted by Crippen LogP contribution is 2.17. The Hall–Kier alpha value is -3.47. The van der Waals surface area contributed by atoms with E-state index in [1.807, 2.05) is 6.08 Å². The fourth-order valence-corrected chi connectivity index (χ4v) is 9.78. The van der Waals surface area contributed by atoms with E-state index in [-0.39, 0.29) is 12.5 Å². The first-order chi connectivity index (χ1) is 39.2. The van der Waals surface area contributed by atoms with Gasteiger partial charge in [-0.05, 0) is 103 Å². The van der Waals surface area contributed by atoms with E-state index in [9.17, 15) is 15.0 Å². The standard InChI is InChI=1S/C75H129NO3/c1-3-5-7-9-11-13-15-17-19-21-23-25-27-29-31-32-33-34-35-36-37-38-39-40-41-42-43-44-45-47-49-51-53-55-57-59-61-63-65-67-69-71-75(79)76-73(72-77)74(78)70-68-66-64-62-60-58-56-54-52-50-48-46-30-28-26-24-22-20-18-16-14-12-10-8-6-4-2/h5,7,11,13,17,19,23,25,29,31,33-34,36-37,39-40,42-43,60,62,68,70,73-74,77-78H,3-4,6,8-10,12,14-16,18,20-22,24,26-28,30,32,35,38,41,44-59,61,63-67,69,71-72H2,1-2H3,(H,76,79)/b7-5-,13-11-,19-17-,25-23-,31-29-,34-33-,37-36-,40-39-,43-42-,62-60+,70-68+. The largest absolute Gasteiger partial charge is 0.394 e. The lowest BCUT2D eigenvalue weighted by Crippen LogP contribution is -2.45. The molecule has 4 nitrogen and oxygen atoms in total. The molecule has 0 spiro atoms. The molecule has 2 atom stereocenters. The molecular weight excluding hydrogens is 963 g/mol. The van der Waals surface area contributed by atoms with Crippen molar-refractivity contribution in [2.24, 2.45) is 0 Å². The van der Waals surface area contributed by atoms with Crippen molar-refractivity contribution >= 4 is 5.91 Å². The maximum Gasteiger partial charge on any atom is 0.220 e. The molecule has 2 unspecified atom stereocenters. The molecule has 0 aromatic rings. The topological polar surface area (TPSA) is 69.6 Å². The number of allylic oxidation sites excluding steroid dienone is 21. The summed E-state index contributed by atoms with van der Waals surface area (Å²) in [6, 6.07) is -0.649. The van der Waals surface area contributed by atoms with E-state index in [0.717, 1.165) is 89.9 Å². The Bertz CT molecular complexity index is 1570. The summed E-state index contributed by atoms with van der Waals surface area (Å²) < 4.78 is 0. The minimum absolute atomic E-state index is 0.0767. The van der Waals surface area contributed by atoms with E-state index >= 15 is 0 Å². The highest BCUT2D eigenvalue weighted by atomic mass is 16.3. The Kier molecular flexibility index (Phi) is 65.8. The summed E-state index contributed by atoms with van der Waals surface area (Å²) in [5, 5.41) is 23.2. The van der Waals surface area contributed by atoms with Crippen molar-refractivity contribution < 1.29 is 15.0 Å². The SMILES string of the molecule is CC/C=C\C/C=C\C/C=C\C/C=C\C/C=C\C/C=C\C/C=C\C/C=C\C/C=C\CCCCCCCCCCCCCCCC(=O)NC(CO)C(O)/C=C/CC/C=C/CCCCCCCCCCCCCCCCCCCCCC. The number of hydrogen-bond acceptors (Lipinski definition) is 3. The Morgan fingerprint density at radius 2 is 0.570 bits per heavy atom. The Morgan fingerprint density at radius 3 is 0.886 bits per heavy atom. The number of amides is 1. The molecule has 0 aliphatic carbocycles. The Balaban J connectivity index is 3.57. The van der Waals surface area contributed by atoms with Gasteiger partial charge in [0.15, 0.2) is 0 Å². The van der Waals surface area contributed by atoms with Gasteiger partial charge in [0.05, 0.1) is 18.8 Å². The third-order valence-corrected chi connectivity index (χ3v) is 14.9. The molecule has 1 amide bonds. The van der Waals surface area contributed by atoms with Crippen LogP contribution in [0.4, 0.5) is 0 Å². The second kappa shape index (κ2) is 68.8. The van der Waals surface area contributed by atoms with Gasteiger partial charge >= 0.3 is 0 Å². The van der Waals surface area contributed by atoms with Gasteiger partial charge < -0.3 is 15.5 Å². The smallest absolute Gasteiger partial charge is 0.220 e. The zero-order chi connectivity index (χ0) is 56.9. The van der Waals surface area contributed by atoms with Crippen LogP contribution in [-0.4, -0.2) is 34.9 Å². The number of unbranched alkanes of at least 4 members (excludes halogenated alkanes) is 34. The molecule has 0 aliphatic heterocycles. The van der Waals surface area contributed by atoms with Gasteiger partial charge in [0.25, 0.3) is 0 Å². The third kappa shape index (κ3) is 65.2. The van der Waals surface area contributed by atoms with Crippen molar-refractivity contribution in [3.8, 4) is 0 Å². The normalized spacial score (nSPS) is 13.6. The van der Waals surface area contributed by atoms with Crippen molar-refractivity contribution in [2.75, 3.05) is 6.61 Å². The molecule has 79 heavy (non-hydrogen) atoms. The van der Waals surface area contributed by atoms with Gasteiger partial charge in [-0.3, -0.25) is 4.79 Å². The molecule has 0 aromatic carbocycles. The van der Waals surface area contributed by atoms with Gasteiger partial charge in [0.1, 0.15) is 0 Å². The summed E-state index contributed by atoms with van der Waals surface area (Å²) >= 11 is 0. The van der Waals surface area contributed by atoms with Crippen LogP contribution in [0.1, 0.15) is 316 Å². The van der Waals surface area contributed by atoms with Crippen LogP contribution in [0.5, 0.6) is 0 Å². The van der Waals surface area contributed by atoms with E-state index in [1.165, 1.54) is 205 Å². The van der Waals surface area contributed by atoms with Crippen molar-refractivity contribution in [1.82, 2.24) is 5.32 Å². The number of carbonyl (C=O) groups is 1.